The Bertz CT molecular complexity index is 721. The second-order valence-electron chi connectivity index (χ2n) is 6.67. The topological polar surface area (TPSA) is 88.5 Å². The molecule has 2 aromatic rings. The lowest BCUT2D eigenvalue weighted by molar-refractivity contribution is -0.139. The number of hydrogen-bond acceptors (Lipinski definition) is 4. The number of carbonyl (C=O) groups is 2. The van der Waals surface area contributed by atoms with Gasteiger partial charge in [-0.15, -0.1) is 0 Å². The smallest absolute Gasteiger partial charge is 0.408 e. The minimum atomic E-state index is -1.11. The van der Waals surface area contributed by atoms with Gasteiger partial charge in [-0.05, 0) is 49.6 Å². The second kappa shape index (κ2) is 7.79. The largest absolute Gasteiger partial charge is 0.480 e. The van der Waals surface area contributed by atoms with Crippen LogP contribution in [0.4, 0.5) is 4.79 Å². The lowest BCUT2D eigenvalue weighted by Crippen LogP contribution is -2.44. The first-order valence-electron chi connectivity index (χ1n) is 7.96. The standard InChI is InChI=1S/C19H22N2O4/c1-19(2,3)25-18(24)21-16(17(22)23)12-13-4-6-14(7-5-13)15-8-10-20-11-9-15/h4-11,16H,12H2,1-3H3,(H,21,24)(H,22,23). The summed E-state index contributed by atoms with van der Waals surface area (Å²) in [7, 11) is 0. The zero-order valence-corrected chi connectivity index (χ0v) is 14.5. The van der Waals surface area contributed by atoms with Gasteiger partial charge in [-0.2, -0.15) is 0 Å². The number of alkyl carbamates (subject to hydrolysis) is 1. The zero-order valence-electron chi connectivity index (χ0n) is 14.5. The molecule has 0 aliphatic heterocycles. The van der Waals surface area contributed by atoms with Crippen LogP contribution in [-0.4, -0.2) is 33.8 Å². The van der Waals surface area contributed by atoms with Gasteiger partial charge in [-0.3, -0.25) is 4.98 Å². The fourth-order valence-corrected chi connectivity index (χ4v) is 2.26. The molecule has 0 aliphatic carbocycles. The fourth-order valence-electron chi connectivity index (χ4n) is 2.26. The van der Waals surface area contributed by atoms with E-state index in [1.54, 1.807) is 33.2 Å². The lowest BCUT2D eigenvalue weighted by Gasteiger charge is -2.22. The van der Waals surface area contributed by atoms with Crippen molar-refractivity contribution in [3.8, 4) is 11.1 Å². The Kier molecular flexibility index (Phi) is 5.75. The van der Waals surface area contributed by atoms with Crippen LogP contribution in [0.15, 0.2) is 48.8 Å². The predicted molar refractivity (Wildman–Crippen MR) is 94.2 cm³/mol. The summed E-state index contributed by atoms with van der Waals surface area (Å²) in [6, 6.07) is 10.3. The summed E-state index contributed by atoms with van der Waals surface area (Å²) in [5, 5.41) is 11.7. The summed E-state index contributed by atoms with van der Waals surface area (Å²) in [4.78, 5) is 27.2. The maximum absolute atomic E-state index is 11.8. The molecule has 1 aromatic heterocycles. The Morgan fingerprint density at radius 3 is 2.16 bits per heavy atom. The van der Waals surface area contributed by atoms with E-state index in [2.05, 4.69) is 10.3 Å². The molecular formula is C19H22N2O4. The molecule has 25 heavy (non-hydrogen) atoms. The van der Waals surface area contributed by atoms with E-state index in [0.29, 0.717) is 0 Å². The maximum atomic E-state index is 11.8. The van der Waals surface area contributed by atoms with E-state index in [1.165, 1.54) is 0 Å². The van der Waals surface area contributed by atoms with Crippen molar-refractivity contribution in [2.45, 2.75) is 38.8 Å². The molecule has 1 atom stereocenters. The highest BCUT2D eigenvalue weighted by Crippen LogP contribution is 2.19. The Morgan fingerprint density at radius 1 is 1.08 bits per heavy atom. The van der Waals surface area contributed by atoms with E-state index in [1.807, 2.05) is 36.4 Å². The average Bonchev–Trinajstić information content (AvgIpc) is 2.54. The molecule has 2 N–H and O–H groups in total. The number of carboxylic acids is 1. The second-order valence-corrected chi connectivity index (χ2v) is 6.67. The van der Waals surface area contributed by atoms with Crippen LogP contribution >= 0.6 is 0 Å². The van der Waals surface area contributed by atoms with E-state index < -0.39 is 23.7 Å². The highest BCUT2D eigenvalue weighted by Gasteiger charge is 2.24. The number of aromatic nitrogens is 1. The number of rotatable bonds is 5. The quantitative estimate of drug-likeness (QED) is 0.870. The van der Waals surface area contributed by atoms with Crippen molar-refractivity contribution in [3.05, 3.63) is 54.4 Å². The molecule has 2 rings (SSSR count). The summed E-state index contributed by atoms with van der Waals surface area (Å²) < 4.78 is 5.11. The van der Waals surface area contributed by atoms with Crippen LogP contribution in [0, 0.1) is 0 Å². The summed E-state index contributed by atoms with van der Waals surface area (Å²) >= 11 is 0. The van der Waals surface area contributed by atoms with Gasteiger partial charge in [-0.25, -0.2) is 9.59 Å². The fraction of sp³-hybridized carbons (Fsp3) is 0.316. The SMILES string of the molecule is CC(C)(C)OC(=O)NC(Cc1ccc(-c2ccncc2)cc1)C(=O)O. The van der Waals surface area contributed by atoms with Crippen LogP contribution in [-0.2, 0) is 16.0 Å². The summed E-state index contributed by atoms with van der Waals surface area (Å²) in [6.45, 7) is 5.17. The molecule has 6 heteroatoms. The molecule has 1 aromatic carbocycles. The Morgan fingerprint density at radius 2 is 1.64 bits per heavy atom. The van der Waals surface area contributed by atoms with Crippen LogP contribution in [0.2, 0.25) is 0 Å². The maximum Gasteiger partial charge on any atom is 0.408 e. The van der Waals surface area contributed by atoms with Crippen molar-refractivity contribution >= 4 is 12.1 Å². The highest BCUT2D eigenvalue weighted by molar-refractivity contribution is 5.80. The van der Waals surface area contributed by atoms with Crippen LogP contribution in [0.25, 0.3) is 11.1 Å². The van der Waals surface area contributed by atoms with Gasteiger partial charge < -0.3 is 15.2 Å². The van der Waals surface area contributed by atoms with Gasteiger partial charge in [-0.1, -0.05) is 24.3 Å². The number of pyridine rings is 1. The number of hydrogen-bond donors (Lipinski definition) is 2. The molecule has 0 spiro atoms. The molecule has 0 fully saturated rings. The van der Waals surface area contributed by atoms with Crippen LogP contribution in [0.5, 0.6) is 0 Å². The minimum absolute atomic E-state index is 0.172. The van der Waals surface area contributed by atoms with E-state index >= 15 is 0 Å². The predicted octanol–water partition coefficient (Wildman–Crippen LogP) is 3.27. The normalized spacial score (nSPS) is 12.3. The van der Waals surface area contributed by atoms with Gasteiger partial charge in [0.05, 0.1) is 0 Å². The van der Waals surface area contributed by atoms with E-state index in [4.69, 9.17) is 4.74 Å². The monoisotopic (exact) mass is 342 g/mol. The van der Waals surface area contributed by atoms with Crippen molar-refractivity contribution in [1.29, 1.82) is 0 Å². The van der Waals surface area contributed by atoms with Crippen LogP contribution < -0.4 is 5.32 Å². The first-order valence-corrected chi connectivity index (χ1v) is 7.96. The molecule has 132 valence electrons. The molecule has 0 saturated carbocycles. The molecule has 1 unspecified atom stereocenters. The zero-order chi connectivity index (χ0) is 18.4. The molecule has 6 nitrogen and oxygen atoms in total. The summed E-state index contributed by atoms with van der Waals surface area (Å²) in [6.07, 6.45) is 2.86. The van der Waals surface area contributed by atoms with E-state index in [-0.39, 0.29) is 6.42 Å². The van der Waals surface area contributed by atoms with Gasteiger partial charge in [0.25, 0.3) is 0 Å². The Balaban J connectivity index is 2.04. The van der Waals surface area contributed by atoms with E-state index in [9.17, 15) is 14.7 Å². The van der Waals surface area contributed by atoms with Crippen molar-refractivity contribution in [1.82, 2.24) is 10.3 Å². The van der Waals surface area contributed by atoms with Gasteiger partial charge in [0, 0.05) is 18.8 Å². The molecule has 0 aliphatic rings. The molecule has 1 amide bonds. The number of carboxylic acid groups (broad SMARTS) is 1. The van der Waals surface area contributed by atoms with Gasteiger partial charge in [0.1, 0.15) is 11.6 Å². The average molecular weight is 342 g/mol. The molecule has 0 saturated heterocycles. The number of aliphatic carboxylic acids is 1. The number of benzene rings is 1. The summed E-state index contributed by atoms with van der Waals surface area (Å²) in [5.74, 6) is -1.11. The van der Waals surface area contributed by atoms with Crippen molar-refractivity contribution < 1.29 is 19.4 Å². The van der Waals surface area contributed by atoms with Gasteiger partial charge in [0.2, 0.25) is 0 Å². The molecule has 0 bridgehead atoms. The van der Waals surface area contributed by atoms with Crippen molar-refractivity contribution in [2.24, 2.45) is 0 Å². The third kappa shape index (κ3) is 5.91. The molecule has 0 radical (unpaired) electrons. The van der Waals surface area contributed by atoms with Gasteiger partial charge in [0.15, 0.2) is 0 Å². The first kappa shape index (κ1) is 18.4. The van der Waals surface area contributed by atoms with Crippen LogP contribution in [0.3, 0.4) is 0 Å². The Labute approximate surface area is 146 Å². The number of amides is 1. The third-order valence-corrected chi connectivity index (χ3v) is 3.40. The summed E-state index contributed by atoms with van der Waals surface area (Å²) in [5.41, 5.74) is 2.17. The number of ether oxygens (including phenoxy) is 1. The van der Waals surface area contributed by atoms with Crippen molar-refractivity contribution in [3.63, 3.8) is 0 Å². The minimum Gasteiger partial charge on any atom is -0.480 e. The van der Waals surface area contributed by atoms with Crippen molar-refractivity contribution in [2.75, 3.05) is 0 Å². The molecular weight excluding hydrogens is 320 g/mol. The first-order chi connectivity index (χ1) is 11.7. The van der Waals surface area contributed by atoms with Gasteiger partial charge >= 0.3 is 12.1 Å². The number of nitrogens with one attached hydrogen (secondary N) is 1. The number of carbonyl (C=O) groups excluding carboxylic acids is 1. The Hall–Kier alpha value is -2.89. The highest BCUT2D eigenvalue weighted by atomic mass is 16.6. The van der Waals surface area contributed by atoms with Crippen LogP contribution in [0.1, 0.15) is 26.3 Å². The lowest BCUT2D eigenvalue weighted by atomic mass is 10.0. The molecule has 1 heterocycles. The van der Waals surface area contributed by atoms with E-state index in [0.717, 1.165) is 16.7 Å². The third-order valence-electron chi connectivity index (χ3n) is 3.40. The number of nitrogens with zero attached hydrogens (tertiary/aromatic N) is 1.